The molecule has 1 amide bonds. The fraction of sp³-hybridized carbons (Fsp3) is 0.318. The van der Waals surface area contributed by atoms with E-state index >= 15 is 0 Å². The monoisotopic (exact) mass is 470 g/mol. The van der Waals surface area contributed by atoms with Crippen LogP contribution in [0.25, 0.3) is 10.9 Å². The number of fused-ring (bicyclic) bond motifs is 1. The number of carbonyl (C=O) groups is 1. The summed E-state index contributed by atoms with van der Waals surface area (Å²) in [7, 11) is -1.01. The molecule has 3 rings (SSSR count). The van der Waals surface area contributed by atoms with Crippen molar-refractivity contribution in [3.8, 4) is 5.75 Å². The largest absolute Gasteiger partial charge is 0.489 e. The number of amides is 1. The third-order valence-electron chi connectivity index (χ3n) is 4.74. The van der Waals surface area contributed by atoms with E-state index in [-0.39, 0.29) is 13.2 Å². The number of hydrogen-bond acceptors (Lipinski definition) is 8. The number of rotatable bonds is 8. The van der Waals surface area contributed by atoms with E-state index in [0.29, 0.717) is 28.5 Å². The second kappa shape index (κ2) is 10.6. The topological polar surface area (TPSA) is 123 Å². The molecule has 2 atom stereocenters. The van der Waals surface area contributed by atoms with Gasteiger partial charge in [-0.1, -0.05) is 18.2 Å². The second-order valence-corrected chi connectivity index (χ2v) is 9.87. The molecular formula is C22H27BN4O5S. The maximum atomic E-state index is 12.9. The van der Waals surface area contributed by atoms with Crippen molar-refractivity contribution in [2.75, 3.05) is 24.7 Å². The molecular weight excluding hydrogens is 443 g/mol. The molecule has 2 N–H and O–H groups in total. The van der Waals surface area contributed by atoms with Gasteiger partial charge in [0.1, 0.15) is 32.3 Å². The van der Waals surface area contributed by atoms with Crippen LogP contribution >= 0.6 is 0 Å². The van der Waals surface area contributed by atoms with Gasteiger partial charge in [-0.3, -0.25) is 0 Å². The summed E-state index contributed by atoms with van der Waals surface area (Å²) >= 11 is 0. The van der Waals surface area contributed by atoms with Crippen molar-refractivity contribution in [1.29, 1.82) is 0 Å². The first kappa shape index (κ1) is 24.5. The van der Waals surface area contributed by atoms with Crippen molar-refractivity contribution >= 4 is 45.9 Å². The summed E-state index contributed by atoms with van der Waals surface area (Å²) in [4.78, 5) is 20.7. The van der Waals surface area contributed by atoms with Crippen LogP contribution in [-0.2, 0) is 21.1 Å². The highest BCUT2D eigenvalue weighted by Gasteiger charge is 2.12. The number of carbonyl (C=O) groups excluding carboxylic acids is 1. The summed E-state index contributed by atoms with van der Waals surface area (Å²) in [5.41, 5.74) is 2.38. The summed E-state index contributed by atoms with van der Waals surface area (Å²) in [5, 5.41) is 13.5. The summed E-state index contributed by atoms with van der Waals surface area (Å²) in [6.45, 7) is 4.14. The third-order valence-corrected chi connectivity index (χ3v) is 6.37. The van der Waals surface area contributed by atoms with Crippen LogP contribution in [0.3, 0.4) is 0 Å². The van der Waals surface area contributed by atoms with E-state index < -0.39 is 21.9 Å². The molecule has 0 spiro atoms. The molecule has 0 bridgehead atoms. The summed E-state index contributed by atoms with van der Waals surface area (Å²) < 4.78 is 27.4. The van der Waals surface area contributed by atoms with E-state index in [0.717, 1.165) is 16.4 Å². The predicted molar refractivity (Wildman–Crippen MR) is 130 cm³/mol. The molecule has 2 aromatic carbocycles. The molecule has 174 valence electrons. The number of hydrogen-bond donors (Lipinski definition) is 2. The molecule has 0 aliphatic heterocycles. The van der Waals surface area contributed by atoms with Gasteiger partial charge in [0.25, 0.3) is 0 Å². The van der Waals surface area contributed by atoms with Crippen LogP contribution in [0.5, 0.6) is 5.75 Å². The number of anilines is 1. The molecule has 9 nitrogen and oxygen atoms in total. The van der Waals surface area contributed by atoms with Gasteiger partial charge in [0.2, 0.25) is 0 Å². The number of benzene rings is 2. The van der Waals surface area contributed by atoms with E-state index in [1.165, 1.54) is 12.6 Å². The second-order valence-electron chi connectivity index (χ2n) is 7.62. The zero-order chi connectivity index (χ0) is 24.0. The average molecular weight is 470 g/mol. The third kappa shape index (κ3) is 6.42. The van der Waals surface area contributed by atoms with Gasteiger partial charge >= 0.3 is 6.09 Å². The van der Waals surface area contributed by atoms with Gasteiger partial charge < -0.3 is 19.9 Å². The van der Waals surface area contributed by atoms with E-state index in [4.69, 9.17) is 9.47 Å². The van der Waals surface area contributed by atoms with E-state index in [1.807, 2.05) is 26.0 Å². The quantitative estimate of drug-likeness (QED) is 0.479. The lowest BCUT2D eigenvalue weighted by molar-refractivity contribution is 0.164. The zero-order valence-corrected chi connectivity index (χ0v) is 19.9. The zero-order valence-electron chi connectivity index (χ0n) is 19.1. The van der Waals surface area contributed by atoms with Gasteiger partial charge in [-0.25, -0.2) is 19.0 Å². The molecule has 1 heterocycles. The molecule has 3 aromatic rings. The highest BCUT2D eigenvalue weighted by atomic mass is 32.2. The number of nitrogens with one attached hydrogen (secondary N) is 1. The first-order valence-corrected chi connectivity index (χ1v) is 12.4. The molecule has 0 aliphatic rings. The standard InChI is InChI=1S/C22H27BN4O5S/c1-4-31-22(29)27-33(3,30)16-7-5-6-15(8-16)12-32-20-10-19-17(9-18(20)23)21(26-13-25-19)24-11-14(2)28/h5-10,13-14,28H,4,11-12,23H2,1-3H3,(H,24,25,26)/t14-,33?/m1/s1. The number of nitrogens with zero attached hydrogens (tertiary/aromatic N) is 3. The van der Waals surface area contributed by atoms with E-state index in [1.54, 1.807) is 32.0 Å². The van der Waals surface area contributed by atoms with Crippen LogP contribution in [0, 0.1) is 0 Å². The van der Waals surface area contributed by atoms with Crippen LogP contribution in [-0.4, -0.2) is 58.7 Å². The maximum absolute atomic E-state index is 12.9. The highest BCUT2D eigenvalue weighted by molar-refractivity contribution is 7.93. The van der Waals surface area contributed by atoms with Crippen LogP contribution in [0.15, 0.2) is 52.0 Å². The molecule has 33 heavy (non-hydrogen) atoms. The lowest BCUT2D eigenvalue weighted by Crippen LogP contribution is -2.17. The van der Waals surface area contributed by atoms with Crippen molar-refractivity contribution in [2.45, 2.75) is 31.5 Å². The van der Waals surface area contributed by atoms with Crippen LogP contribution in [0.2, 0.25) is 0 Å². The van der Waals surface area contributed by atoms with Gasteiger partial charge in [0.15, 0.2) is 0 Å². The van der Waals surface area contributed by atoms with E-state index in [9.17, 15) is 14.1 Å². The van der Waals surface area contributed by atoms with Crippen molar-refractivity contribution in [1.82, 2.24) is 9.97 Å². The van der Waals surface area contributed by atoms with Gasteiger partial charge in [0, 0.05) is 29.1 Å². The Bertz CT molecular complexity index is 1270. The van der Waals surface area contributed by atoms with Gasteiger partial charge in [-0.05, 0) is 37.0 Å². The fourth-order valence-electron chi connectivity index (χ4n) is 3.11. The summed E-state index contributed by atoms with van der Waals surface area (Å²) in [6, 6.07) is 10.7. The highest BCUT2D eigenvalue weighted by Crippen LogP contribution is 2.23. The molecule has 0 radical (unpaired) electrons. The molecule has 0 fully saturated rings. The molecule has 1 aromatic heterocycles. The average Bonchev–Trinajstić information content (AvgIpc) is 2.76. The first-order chi connectivity index (χ1) is 15.7. The summed E-state index contributed by atoms with van der Waals surface area (Å²) in [6.07, 6.45) is 1.51. The fourth-order valence-corrected chi connectivity index (χ4v) is 4.25. The van der Waals surface area contributed by atoms with E-state index in [2.05, 4.69) is 19.6 Å². The molecule has 0 aliphatic carbocycles. The number of aromatic nitrogens is 2. The van der Waals surface area contributed by atoms with Crippen molar-refractivity contribution in [3.05, 3.63) is 48.3 Å². The molecule has 0 saturated carbocycles. The van der Waals surface area contributed by atoms with Gasteiger partial charge in [-0.15, -0.1) is 4.36 Å². The lowest BCUT2D eigenvalue weighted by atomic mass is 9.93. The predicted octanol–water partition coefficient (Wildman–Crippen LogP) is 1.87. The van der Waals surface area contributed by atoms with Crippen molar-refractivity contribution in [3.63, 3.8) is 0 Å². The number of aliphatic hydroxyl groups is 1. The first-order valence-electron chi connectivity index (χ1n) is 10.5. The Morgan fingerprint density at radius 3 is 2.82 bits per heavy atom. The summed E-state index contributed by atoms with van der Waals surface area (Å²) in [5.74, 6) is 1.30. The smallest absolute Gasteiger partial charge is 0.442 e. The maximum Gasteiger partial charge on any atom is 0.442 e. The Kier molecular flexibility index (Phi) is 7.88. The minimum absolute atomic E-state index is 0.167. The molecule has 0 saturated heterocycles. The number of aliphatic hydroxyl groups excluding tert-OH is 1. The van der Waals surface area contributed by atoms with Crippen LogP contribution in [0.4, 0.5) is 10.6 Å². The van der Waals surface area contributed by atoms with Crippen molar-refractivity contribution in [2.24, 2.45) is 4.36 Å². The van der Waals surface area contributed by atoms with Crippen LogP contribution < -0.4 is 15.5 Å². The molecule has 1 unspecified atom stereocenters. The van der Waals surface area contributed by atoms with Crippen molar-refractivity contribution < 1.29 is 23.6 Å². The minimum Gasteiger partial charge on any atom is -0.489 e. The Morgan fingerprint density at radius 1 is 1.30 bits per heavy atom. The molecule has 11 heteroatoms. The Hall–Kier alpha value is -3.18. The lowest BCUT2D eigenvalue weighted by Gasteiger charge is -2.14. The van der Waals surface area contributed by atoms with Gasteiger partial charge in [-0.2, -0.15) is 0 Å². The van der Waals surface area contributed by atoms with Gasteiger partial charge in [0.05, 0.1) is 28.0 Å². The number of ether oxygens (including phenoxy) is 2. The SMILES string of the molecule is Bc1cc2c(NC[C@@H](C)O)ncnc2cc1OCc1cccc(S(C)(=O)=NC(=O)OCC)c1. The Labute approximate surface area is 194 Å². The van der Waals surface area contributed by atoms with Crippen LogP contribution in [0.1, 0.15) is 19.4 Å². The Balaban J connectivity index is 1.81. The Morgan fingerprint density at radius 2 is 2.09 bits per heavy atom. The minimum atomic E-state index is -2.94. The normalized spacial score (nSPS) is 13.7.